The van der Waals surface area contributed by atoms with Crippen molar-refractivity contribution in [3.8, 4) is 0 Å². The number of Topliss-reactive ketones (excluding diaryl/α,β-unsaturated/α-hetero) is 1. The third-order valence-corrected chi connectivity index (χ3v) is 5.71. The molecule has 0 unspecified atom stereocenters. The molecule has 4 heteroatoms. The zero-order valence-corrected chi connectivity index (χ0v) is 23.0. The van der Waals surface area contributed by atoms with E-state index in [4.69, 9.17) is 16.6 Å². The summed E-state index contributed by atoms with van der Waals surface area (Å²) in [7, 11) is 0. The highest BCUT2D eigenvalue weighted by atomic mass is 35.5. The van der Waals surface area contributed by atoms with Gasteiger partial charge in [-0.1, -0.05) is 86.5 Å². The van der Waals surface area contributed by atoms with Crippen molar-refractivity contribution in [1.29, 1.82) is 0 Å². The summed E-state index contributed by atoms with van der Waals surface area (Å²) in [5.41, 5.74) is 7.52. The Labute approximate surface area is 221 Å². The van der Waals surface area contributed by atoms with Gasteiger partial charge in [0.2, 0.25) is 0 Å². The molecule has 0 heterocycles. The fourth-order valence-corrected chi connectivity index (χ4v) is 3.70. The van der Waals surface area contributed by atoms with Crippen LogP contribution in [0.15, 0.2) is 90.5 Å². The number of halogens is 1. The highest BCUT2D eigenvalue weighted by Crippen LogP contribution is 2.21. The smallest absolute Gasteiger partial charge is 0.159 e. The number of rotatable bonds is 7. The van der Waals surface area contributed by atoms with Crippen LogP contribution in [-0.2, 0) is 6.42 Å². The monoisotopic (exact) mass is 500 g/mol. The molecule has 0 saturated heterocycles. The minimum atomic E-state index is 0.0493. The lowest BCUT2D eigenvalue weighted by Crippen LogP contribution is -2.19. The Morgan fingerprint density at radius 2 is 1.53 bits per heavy atom. The van der Waals surface area contributed by atoms with Crippen molar-refractivity contribution in [1.82, 2.24) is 0 Å². The van der Waals surface area contributed by atoms with Gasteiger partial charge in [0.05, 0.1) is 5.70 Å². The van der Waals surface area contributed by atoms with Crippen molar-refractivity contribution in [2.24, 2.45) is 10.9 Å². The largest absolute Gasteiger partial charge is 0.344 e. The summed E-state index contributed by atoms with van der Waals surface area (Å²) in [6.07, 6.45) is 4.72. The SMILES string of the molecule is C=C/C=C(\N=C(Nc1ccc(C(C)=O)cc1)C(C)C)c1ccc(Cl)cc1.CCc1cc(C)cc(C)c1. The zero-order chi connectivity index (χ0) is 26.7. The van der Waals surface area contributed by atoms with Crippen molar-refractivity contribution < 1.29 is 4.79 Å². The second-order valence-corrected chi connectivity index (χ2v) is 9.49. The first-order valence-electron chi connectivity index (χ1n) is 12.2. The normalized spacial score (nSPS) is 11.6. The van der Waals surface area contributed by atoms with Crippen LogP contribution in [0.3, 0.4) is 0 Å². The Bertz CT molecular complexity index is 1200. The number of carbonyl (C=O) groups is 1. The van der Waals surface area contributed by atoms with Crippen LogP contribution < -0.4 is 5.32 Å². The predicted octanol–water partition coefficient (Wildman–Crippen LogP) is 9.10. The Hall–Kier alpha value is -3.43. The zero-order valence-electron chi connectivity index (χ0n) is 22.2. The molecule has 0 fully saturated rings. The highest BCUT2D eigenvalue weighted by molar-refractivity contribution is 6.30. The molecular weight excluding hydrogens is 464 g/mol. The molecule has 188 valence electrons. The van der Waals surface area contributed by atoms with Crippen molar-refractivity contribution in [2.75, 3.05) is 5.32 Å². The fourth-order valence-electron chi connectivity index (χ4n) is 3.57. The van der Waals surface area contributed by atoms with Gasteiger partial charge >= 0.3 is 0 Å². The Balaban J connectivity index is 0.000000380. The third kappa shape index (κ3) is 9.31. The molecule has 0 aromatic heterocycles. The molecule has 1 N–H and O–H groups in total. The van der Waals surface area contributed by atoms with Crippen LogP contribution >= 0.6 is 11.6 Å². The minimum Gasteiger partial charge on any atom is -0.344 e. The van der Waals surface area contributed by atoms with E-state index in [0.717, 1.165) is 29.2 Å². The number of amidine groups is 1. The topological polar surface area (TPSA) is 41.5 Å². The van der Waals surface area contributed by atoms with E-state index in [1.54, 1.807) is 13.0 Å². The van der Waals surface area contributed by atoms with E-state index in [2.05, 4.69) is 64.7 Å². The highest BCUT2D eigenvalue weighted by Gasteiger charge is 2.09. The second kappa shape index (κ2) is 14.2. The van der Waals surface area contributed by atoms with E-state index < -0.39 is 0 Å². The number of allylic oxidation sites excluding steroid dienone is 2. The second-order valence-electron chi connectivity index (χ2n) is 9.05. The van der Waals surface area contributed by atoms with E-state index >= 15 is 0 Å². The van der Waals surface area contributed by atoms with Gasteiger partial charge in [0, 0.05) is 27.8 Å². The van der Waals surface area contributed by atoms with Crippen LogP contribution in [0, 0.1) is 19.8 Å². The molecule has 0 bridgehead atoms. The summed E-state index contributed by atoms with van der Waals surface area (Å²) >= 11 is 5.98. The van der Waals surface area contributed by atoms with Gasteiger partial charge in [0.15, 0.2) is 5.78 Å². The Morgan fingerprint density at radius 3 is 2.00 bits per heavy atom. The summed E-state index contributed by atoms with van der Waals surface area (Å²) in [4.78, 5) is 16.2. The molecule has 0 aliphatic carbocycles. The van der Waals surface area contributed by atoms with Crippen LogP contribution in [0.1, 0.15) is 60.3 Å². The molecule has 0 aliphatic rings. The number of hydrogen-bond donors (Lipinski definition) is 1. The van der Waals surface area contributed by atoms with E-state index in [1.165, 1.54) is 16.7 Å². The van der Waals surface area contributed by atoms with Gasteiger partial charge in [0.1, 0.15) is 5.84 Å². The van der Waals surface area contributed by atoms with Crippen molar-refractivity contribution in [2.45, 2.75) is 48.0 Å². The molecule has 0 atom stereocenters. The van der Waals surface area contributed by atoms with E-state index in [9.17, 15) is 4.79 Å². The number of ketones is 1. The maximum Gasteiger partial charge on any atom is 0.159 e. The van der Waals surface area contributed by atoms with E-state index in [-0.39, 0.29) is 11.7 Å². The number of aryl methyl sites for hydroxylation is 3. The molecule has 0 aliphatic heterocycles. The quantitative estimate of drug-likeness (QED) is 0.152. The minimum absolute atomic E-state index is 0.0493. The molecule has 0 saturated carbocycles. The summed E-state index contributed by atoms with van der Waals surface area (Å²) in [6.45, 7) is 16.0. The van der Waals surface area contributed by atoms with E-state index in [0.29, 0.717) is 10.6 Å². The van der Waals surface area contributed by atoms with E-state index in [1.807, 2.05) is 54.6 Å². The number of benzene rings is 3. The van der Waals surface area contributed by atoms with Crippen LogP contribution in [0.4, 0.5) is 5.69 Å². The van der Waals surface area contributed by atoms with Crippen LogP contribution in [-0.4, -0.2) is 11.6 Å². The lowest BCUT2D eigenvalue weighted by Gasteiger charge is -2.15. The van der Waals surface area contributed by atoms with Crippen molar-refractivity contribution in [3.63, 3.8) is 0 Å². The van der Waals surface area contributed by atoms with Gasteiger partial charge in [0.25, 0.3) is 0 Å². The molecule has 0 spiro atoms. The van der Waals surface area contributed by atoms with Gasteiger partial charge in [-0.05, 0) is 75.2 Å². The average Bonchev–Trinajstić information content (AvgIpc) is 2.83. The summed E-state index contributed by atoms with van der Waals surface area (Å²) in [6, 6.07) is 21.6. The number of hydrogen-bond acceptors (Lipinski definition) is 2. The number of aliphatic imine (C=N–C) groups is 1. The van der Waals surface area contributed by atoms with Crippen LogP contribution in [0.2, 0.25) is 5.02 Å². The van der Waals surface area contributed by atoms with Gasteiger partial charge in [-0.3, -0.25) is 4.79 Å². The number of nitrogens with zero attached hydrogens (tertiary/aromatic N) is 1. The van der Waals surface area contributed by atoms with Gasteiger partial charge in [-0.2, -0.15) is 0 Å². The standard InChI is InChI=1S/C22H23ClN2O.C10H14/c1-5-6-21(18-7-11-19(23)12-8-18)25-22(15(2)3)24-20-13-9-17(10-14-20)16(4)26;1-4-10-6-8(2)5-9(3)7-10/h5-15H,1H2,2-4H3,(H,24,25);5-7H,4H2,1-3H3/b21-6-;. The maximum absolute atomic E-state index is 11.4. The maximum atomic E-state index is 11.4. The van der Waals surface area contributed by atoms with Crippen molar-refractivity contribution in [3.05, 3.63) is 118 Å². The summed E-state index contributed by atoms with van der Waals surface area (Å²) < 4.78 is 0. The average molecular weight is 501 g/mol. The van der Waals surface area contributed by atoms with Crippen LogP contribution in [0.25, 0.3) is 5.70 Å². The lowest BCUT2D eigenvalue weighted by atomic mass is 10.1. The van der Waals surface area contributed by atoms with Gasteiger partial charge in [-0.25, -0.2) is 4.99 Å². The fraction of sp³-hybridized carbons (Fsp3) is 0.250. The first-order chi connectivity index (χ1) is 17.1. The first kappa shape index (κ1) is 28.8. The Kier molecular flexibility index (Phi) is 11.4. The van der Waals surface area contributed by atoms with Gasteiger partial charge in [-0.15, -0.1) is 0 Å². The Morgan fingerprint density at radius 1 is 0.972 bits per heavy atom. The first-order valence-corrected chi connectivity index (χ1v) is 12.6. The number of nitrogens with one attached hydrogen (secondary N) is 1. The molecule has 3 nitrogen and oxygen atoms in total. The molecule has 36 heavy (non-hydrogen) atoms. The molecule has 0 radical (unpaired) electrons. The summed E-state index contributed by atoms with van der Waals surface area (Å²) in [5, 5.41) is 4.04. The number of anilines is 1. The van der Waals surface area contributed by atoms with Gasteiger partial charge < -0.3 is 5.32 Å². The molecule has 3 rings (SSSR count). The predicted molar refractivity (Wildman–Crippen MR) is 157 cm³/mol. The van der Waals surface area contributed by atoms with Crippen LogP contribution in [0.5, 0.6) is 0 Å². The number of carbonyl (C=O) groups excluding carboxylic acids is 1. The van der Waals surface area contributed by atoms with Crippen molar-refractivity contribution >= 4 is 34.6 Å². The molecular formula is C32H37ClN2O. The molecule has 3 aromatic rings. The third-order valence-electron chi connectivity index (χ3n) is 5.46. The molecule has 0 amide bonds. The molecule has 3 aromatic carbocycles. The summed E-state index contributed by atoms with van der Waals surface area (Å²) in [5.74, 6) is 1.06. The lowest BCUT2D eigenvalue weighted by molar-refractivity contribution is 0.101.